The van der Waals surface area contributed by atoms with E-state index in [1.807, 2.05) is 6.92 Å². The zero-order valence-electron chi connectivity index (χ0n) is 8.57. The Morgan fingerprint density at radius 3 is 2.93 bits per heavy atom. The summed E-state index contributed by atoms with van der Waals surface area (Å²) in [5.41, 5.74) is -0.628. The second-order valence-electron chi connectivity index (χ2n) is 4.21. The van der Waals surface area contributed by atoms with Crippen molar-refractivity contribution in [3.63, 3.8) is 0 Å². The summed E-state index contributed by atoms with van der Waals surface area (Å²) >= 11 is 3.27. The molecule has 1 unspecified atom stereocenters. The Labute approximate surface area is 97.3 Å². The highest BCUT2D eigenvalue weighted by molar-refractivity contribution is 9.10. The number of rotatable bonds is 4. The molecule has 1 aliphatic carbocycles. The van der Waals surface area contributed by atoms with Crippen molar-refractivity contribution in [3.8, 4) is 0 Å². The molecule has 1 saturated carbocycles. The Hall–Kier alpha value is -0.680. The van der Waals surface area contributed by atoms with Gasteiger partial charge in [0.1, 0.15) is 16.7 Å². The Morgan fingerprint density at radius 1 is 1.60 bits per heavy atom. The van der Waals surface area contributed by atoms with E-state index in [9.17, 15) is 5.11 Å². The average molecular weight is 272 g/mol. The summed E-state index contributed by atoms with van der Waals surface area (Å²) in [5.74, 6) is 1.17. The van der Waals surface area contributed by atoms with Crippen LogP contribution in [0.15, 0.2) is 17.0 Å². The summed E-state index contributed by atoms with van der Waals surface area (Å²) in [4.78, 5) is 7.99. The molecule has 82 valence electrons. The summed E-state index contributed by atoms with van der Waals surface area (Å²) < 4.78 is 0.742. The summed E-state index contributed by atoms with van der Waals surface area (Å²) in [6.07, 6.45) is 3.74. The quantitative estimate of drug-likeness (QED) is 0.821. The third-order valence-corrected chi connectivity index (χ3v) is 3.15. The predicted molar refractivity (Wildman–Crippen MR) is 61.6 cm³/mol. The fourth-order valence-electron chi connectivity index (χ4n) is 1.55. The van der Waals surface area contributed by atoms with Gasteiger partial charge in [0.05, 0.1) is 5.60 Å². The number of hydrogen-bond acceptors (Lipinski definition) is 4. The lowest BCUT2D eigenvalue weighted by atomic mass is 10.0. The average Bonchev–Trinajstić information content (AvgIpc) is 2.98. The molecule has 1 atom stereocenters. The third-order valence-electron chi connectivity index (χ3n) is 2.72. The standard InChI is InChI=1S/C10H14BrN3O/c1-10(15,7-2-3-7)5-12-9-4-8(11)13-6-14-9/h4,6-7,15H,2-3,5H2,1H3,(H,12,13,14). The molecular weight excluding hydrogens is 258 g/mol. The monoisotopic (exact) mass is 271 g/mol. The molecular formula is C10H14BrN3O. The minimum absolute atomic E-state index is 0.440. The molecule has 5 heteroatoms. The van der Waals surface area contributed by atoms with Gasteiger partial charge in [0, 0.05) is 12.6 Å². The van der Waals surface area contributed by atoms with Crippen LogP contribution in [0.1, 0.15) is 19.8 Å². The minimum Gasteiger partial charge on any atom is -0.388 e. The van der Waals surface area contributed by atoms with Crippen molar-refractivity contribution in [1.29, 1.82) is 0 Å². The van der Waals surface area contributed by atoms with Crippen LogP contribution in [0.25, 0.3) is 0 Å². The smallest absolute Gasteiger partial charge is 0.130 e. The Bertz CT molecular complexity index is 352. The lowest BCUT2D eigenvalue weighted by Crippen LogP contribution is -2.35. The number of nitrogens with one attached hydrogen (secondary N) is 1. The molecule has 0 radical (unpaired) electrons. The van der Waals surface area contributed by atoms with Gasteiger partial charge in [0.25, 0.3) is 0 Å². The molecule has 0 amide bonds. The number of nitrogens with zero attached hydrogens (tertiary/aromatic N) is 2. The molecule has 1 heterocycles. The van der Waals surface area contributed by atoms with E-state index in [0.717, 1.165) is 23.3 Å². The number of hydrogen-bond donors (Lipinski definition) is 2. The fourth-order valence-corrected chi connectivity index (χ4v) is 1.86. The maximum Gasteiger partial charge on any atom is 0.130 e. The minimum atomic E-state index is -0.628. The van der Waals surface area contributed by atoms with E-state index < -0.39 is 5.60 Å². The van der Waals surface area contributed by atoms with Gasteiger partial charge >= 0.3 is 0 Å². The van der Waals surface area contributed by atoms with E-state index >= 15 is 0 Å². The second kappa shape index (κ2) is 4.06. The molecule has 0 saturated heterocycles. The van der Waals surface area contributed by atoms with Crippen LogP contribution in [0.4, 0.5) is 5.82 Å². The van der Waals surface area contributed by atoms with E-state index in [0.29, 0.717) is 12.5 Å². The van der Waals surface area contributed by atoms with E-state index in [1.54, 1.807) is 6.07 Å². The molecule has 15 heavy (non-hydrogen) atoms. The van der Waals surface area contributed by atoms with Crippen LogP contribution in [0.2, 0.25) is 0 Å². The van der Waals surface area contributed by atoms with E-state index in [-0.39, 0.29) is 0 Å². The highest BCUT2D eigenvalue weighted by atomic mass is 79.9. The van der Waals surface area contributed by atoms with Gasteiger partial charge in [0.15, 0.2) is 0 Å². The van der Waals surface area contributed by atoms with Crippen molar-refractivity contribution < 1.29 is 5.11 Å². The third kappa shape index (κ3) is 2.89. The molecule has 0 aliphatic heterocycles. The first-order chi connectivity index (χ1) is 7.08. The number of anilines is 1. The maximum atomic E-state index is 10.1. The zero-order chi connectivity index (χ0) is 10.9. The zero-order valence-corrected chi connectivity index (χ0v) is 10.2. The number of halogens is 1. The van der Waals surface area contributed by atoms with Crippen molar-refractivity contribution in [2.75, 3.05) is 11.9 Å². The molecule has 0 spiro atoms. The van der Waals surface area contributed by atoms with Gasteiger partial charge in [-0.1, -0.05) is 0 Å². The molecule has 1 aromatic heterocycles. The molecule has 2 rings (SSSR count). The van der Waals surface area contributed by atoms with Gasteiger partial charge in [0.2, 0.25) is 0 Å². The predicted octanol–water partition coefficient (Wildman–Crippen LogP) is 1.81. The molecule has 1 aromatic rings. The van der Waals surface area contributed by atoms with Crippen LogP contribution < -0.4 is 5.32 Å². The topological polar surface area (TPSA) is 58.0 Å². The van der Waals surface area contributed by atoms with E-state index in [2.05, 4.69) is 31.2 Å². The van der Waals surface area contributed by atoms with Gasteiger partial charge in [-0.3, -0.25) is 0 Å². The Kier molecular flexibility index (Phi) is 2.93. The van der Waals surface area contributed by atoms with Crippen molar-refractivity contribution in [2.45, 2.75) is 25.4 Å². The van der Waals surface area contributed by atoms with E-state index in [1.165, 1.54) is 6.33 Å². The summed E-state index contributed by atoms with van der Waals surface area (Å²) in [6, 6.07) is 1.79. The molecule has 0 bridgehead atoms. The number of aromatic nitrogens is 2. The van der Waals surface area contributed by atoms with Gasteiger partial charge in [-0.2, -0.15) is 0 Å². The molecule has 2 N–H and O–H groups in total. The lowest BCUT2D eigenvalue weighted by Gasteiger charge is -2.23. The van der Waals surface area contributed by atoms with Gasteiger partial charge in [-0.25, -0.2) is 9.97 Å². The Morgan fingerprint density at radius 2 is 2.33 bits per heavy atom. The molecule has 4 nitrogen and oxygen atoms in total. The van der Waals surface area contributed by atoms with Crippen molar-refractivity contribution >= 4 is 21.7 Å². The van der Waals surface area contributed by atoms with Crippen molar-refractivity contribution in [2.24, 2.45) is 5.92 Å². The lowest BCUT2D eigenvalue weighted by molar-refractivity contribution is 0.0502. The largest absolute Gasteiger partial charge is 0.388 e. The molecule has 0 aromatic carbocycles. The molecule has 1 fully saturated rings. The first kappa shape index (κ1) is 10.8. The van der Waals surface area contributed by atoms with Gasteiger partial charge in [-0.15, -0.1) is 0 Å². The summed E-state index contributed by atoms with van der Waals surface area (Å²) in [6.45, 7) is 2.40. The van der Waals surface area contributed by atoms with Crippen molar-refractivity contribution in [1.82, 2.24) is 9.97 Å². The fraction of sp³-hybridized carbons (Fsp3) is 0.600. The summed E-state index contributed by atoms with van der Waals surface area (Å²) in [7, 11) is 0. The second-order valence-corrected chi connectivity index (χ2v) is 5.02. The first-order valence-electron chi connectivity index (χ1n) is 5.02. The molecule has 1 aliphatic rings. The highest BCUT2D eigenvalue weighted by Gasteiger charge is 2.39. The summed E-state index contributed by atoms with van der Waals surface area (Å²) in [5, 5.41) is 13.2. The first-order valence-corrected chi connectivity index (χ1v) is 5.81. The SMILES string of the molecule is CC(O)(CNc1cc(Br)ncn1)C1CC1. The maximum absolute atomic E-state index is 10.1. The van der Waals surface area contributed by atoms with Crippen LogP contribution >= 0.6 is 15.9 Å². The Balaban J connectivity index is 1.92. The van der Waals surface area contributed by atoms with Crippen LogP contribution in [0.3, 0.4) is 0 Å². The normalized spacial score (nSPS) is 19.7. The van der Waals surface area contributed by atoms with Crippen LogP contribution in [0.5, 0.6) is 0 Å². The van der Waals surface area contributed by atoms with Crippen LogP contribution in [0, 0.1) is 5.92 Å². The van der Waals surface area contributed by atoms with Gasteiger partial charge < -0.3 is 10.4 Å². The van der Waals surface area contributed by atoms with Gasteiger partial charge in [-0.05, 0) is 41.6 Å². The highest BCUT2D eigenvalue weighted by Crippen LogP contribution is 2.39. The van der Waals surface area contributed by atoms with E-state index in [4.69, 9.17) is 0 Å². The van der Waals surface area contributed by atoms with Crippen molar-refractivity contribution in [3.05, 3.63) is 17.0 Å². The number of aliphatic hydroxyl groups is 1. The van der Waals surface area contributed by atoms with Crippen LogP contribution in [-0.2, 0) is 0 Å². The van der Waals surface area contributed by atoms with Crippen LogP contribution in [-0.4, -0.2) is 27.2 Å².